The van der Waals surface area contributed by atoms with Crippen molar-refractivity contribution in [2.24, 2.45) is 0 Å². The minimum Gasteiger partial charge on any atom is -0.475 e. The second-order valence-electron chi connectivity index (χ2n) is 2.65. The molecule has 7 heteroatoms. The SMILES string of the molecule is C=CC1CNCCO1.O=C(O)C(F)(F)F. The lowest BCUT2D eigenvalue weighted by atomic mass is 10.3. The lowest BCUT2D eigenvalue weighted by Crippen LogP contribution is -2.37. The molecule has 0 bridgehead atoms. The van der Waals surface area contributed by atoms with Gasteiger partial charge >= 0.3 is 12.1 Å². The van der Waals surface area contributed by atoms with Gasteiger partial charge in [-0.15, -0.1) is 6.58 Å². The van der Waals surface area contributed by atoms with Crippen molar-refractivity contribution in [2.45, 2.75) is 12.3 Å². The van der Waals surface area contributed by atoms with Crippen LogP contribution in [0, 0.1) is 0 Å². The van der Waals surface area contributed by atoms with Crippen LogP contribution in [0.3, 0.4) is 0 Å². The zero-order chi connectivity index (χ0) is 11.9. The topological polar surface area (TPSA) is 58.6 Å². The molecular weight excluding hydrogens is 215 g/mol. The van der Waals surface area contributed by atoms with Crippen LogP contribution in [0.2, 0.25) is 0 Å². The number of rotatable bonds is 1. The monoisotopic (exact) mass is 227 g/mol. The summed E-state index contributed by atoms with van der Waals surface area (Å²) >= 11 is 0. The molecule has 0 aromatic heterocycles. The summed E-state index contributed by atoms with van der Waals surface area (Å²) in [6.07, 6.45) is -3.02. The third kappa shape index (κ3) is 6.92. The number of carbonyl (C=O) groups is 1. The first-order valence-corrected chi connectivity index (χ1v) is 4.13. The second kappa shape index (κ2) is 6.41. The third-order valence-corrected chi connectivity index (χ3v) is 1.46. The van der Waals surface area contributed by atoms with Gasteiger partial charge in [-0.05, 0) is 0 Å². The van der Waals surface area contributed by atoms with E-state index in [4.69, 9.17) is 14.6 Å². The summed E-state index contributed by atoms with van der Waals surface area (Å²) in [5.41, 5.74) is 0. The number of alkyl halides is 3. The van der Waals surface area contributed by atoms with E-state index in [-0.39, 0.29) is 6.10 Å². The first-order valence-electron chi connectivity index (χ1n) is 4.13. The van der Waals surface area contributed by atoms with Crippen LogP contribution in [0.5, 0.6) is 0 Å². The van der Waals surface area contributed by atoms with Crippen molar-refractivity contribution in [1.29, 1.82) is 0 Å². The standard InChI is InChI=1S/C6H11NO.C2HF3O2/c1-2-6-5-7-3-4-8-6;3-2(4,5)1(6)7/h2,6-7H,1,3-5H2;(H,6,7). The van der Waals surface area contributed by atoms with Gasteiger partial charge in [0, 0.05) is 13.1 Å². The van der Waals surface area contributed by atoms with E-state index in [2.05, 4.69) is 11.9 Å². The predicted molar refractivity (Wildman–Crippen MR) is 46.5 cm³/mol. The van der Waals surface area contributed by atoms with E-state index >= 15 is 0 Å². The average molecular weight is 227 g/mol. The van der Waals surface area contributed by atoms with Crippen LogP contribution in [-0.4, -0.2) is 43.1 Å². The van der Waals surface area contributed by atoms with Crippen LogP contribution < -0.4 is 5.32 Å². The minimum atomic E-state index is -5.08. The zero-order valence-corrected chi connectivity index (χ0v) is 7.88. The number of nitrogens with one attached hydrogen (secondary N) is 1. The molecule has 0 aliphatic carbocycles. The normalized spacial score (nSPS) is 21.1. The van der Waals surface area contributed by atoms with Crippen molar-refractivity contribution in [2.75, 3.05) is 19.7 Å². The minimum absolute atomic E-state index is 0.240. The van der Waals surface area contributed by atoms with Crippen molar-refractivity contribution in [3.63, 3.8) is 0 Å². The van der Waals surface area contributed by atoms with Gasteiger partial charge in [0.1, 0.15) is 0 Å². The first kappa shape index (κ1) is 13.9. The van der Waals surface area contributed by atoms with Crippen molar-refractivity contribution < 1.29 is 27.8 Å². The lowest BCUT2D eigenvalue weighted by Gasteiger charge is -2.19. The Morgan fingerprint density at radius 1 is 1.60 bits per heavy atom. The molecule has 1 unspecified atom stereocenters. The molecule has 1 saturated heterocycles. The molecule has 88 valence electrons. The van der Waals surface area contributed by atoms with Crippen LogP contribution in [0.25, 0.3) is 0 Å². The Morgan fingerprint density at radius 3 is 2.33 bits per heavy atom. The number of hydrogen-bond donors (Lipinski definition) is 2. The summed E-state index contributed by atoms with van der Waals surface area (Å²) in [6, 6.07) is 0. The summed E-state index contributed by atoms with van der Waals surface area (Å²) in [5.74, 6) is -2.76. The predicted octanol–water partition coefficient (Wildman–Crippen LogP) is 0.794. The molecule has 0 spiro atoms. The fourth-order valence-electron chi connectivity index (χ4n) is 0.737. The highest BCUT2D eigenvalue weighted by atomic mass is 19.4. The molecule has 1 aliphatic rings. The van der Waals surface area contributed by atoms with E-state index in [0.717, 1.165) is 19.7 Å². The van der Waals surface area contributed by atoms with Crippen molar-refractivity contribution in [1.82, 2.24) is 5.32 Å². The molecule has 0 aromatic carbocycles. The number of ether oxygens (including phenoxy) is 1. The van der Waals surface area contributed by atoms with Crippen molar-refractivity contribution in [3.8, 4) is 0 Å². The Kier molecular flexibility index (Phi) is 5.95. The molecule has 1 aliphatic heterocycles. The van der Waals surface area contributed by atoms with E-state index in [9.17, 15) is 13.2 Å². The van der Waals surface area contributed by atoms with Crippen molar-refractivity contribution >= 4 is 5.97 Å². The zero-order valence-electron chi connectivity index (χ0n) is 7.88. The van der Waals surface area contributed by atoms with Gasteiger partial charge in [0.25, 0.3) is 0 Å². The number of hydrogen-bond acceptors (Lipinski definition) is 3. The van der Waals surface area contributed by atoms with Gasteiger partial charge in [-0.1, -0.05) is 6.08 Å². The number of morpholine rings is 1. The van der Waals surface area contributed by atoms with E-state index in [1.165, 1.54) is 0 Å². The average Bonchev–Trinajstić information content (AvgIpc) is 2.18. The number of carboxylic acids is 1. The Hall–Kier alpha value is -1.08. The summed E-state index contributed by atoms with van der Waals surface area (Å²) in [4.78, 5) is 8.90. The molecule has 0 saturated carbocycles. The fraction of sp³-hybridized carbons (Fsp3) is 0.625. The summed E-state index contributed by atoms with van der Waals surface area (Å²) in [6.45, 7) is 6.33. The van der Waals surface area contributed by atoms with Gasteiger partial charge in [-0.3, -0.25) is 0 Å². The van der Waals surface area contributed by atoms with Gasteiger partial charge in [0.15, 0.2) is 0 Å². The molecule has 0 amide bonds. The number of halogens is 3. The van der Waals surface area contributed by atoms with Crippen LogP contribution in [0.4, 0.5) is 13.2 Å². The summed E-state index contributed by atoms with van der Waals surface area (Å²) in [5, 5.41) is 10.3. The van der Waals surface area contributed by atoms with Gasteiger partial charge in [-0.25, -0.2) is 4.79 Å². The van der Waals surface area contributed by atoms with Crippen LogP contribution in [0.15, 0.2) is 12.7 Å². The van der Waals surface area contributed by atoms with Gasteiger partial charge in [0.2, 0.25) is 0 Å². The van der Waals surface area contributed by atoms with E-state index in [1.54, 1.807) is 0 Å². The maximum Gasteiger partial charge on any atom is 0.490 e. The van der Waals surface area contributed by atoms with Gasteiger partial charge < -0.3 is 15.2 Å². The molecular formula is C8H12F3NO3. The van der Waals surface area contributed by atoms with Crippen molar-refractivity contribution in [3.05, 3.63) is 12.7 Å². The highest BCUT2D eigenvalue weighted by Gasteiger charge is 2.38. The van der Waals surface area contributed by atoms with Crippen LogP contribution >= 0.6 is 0 Å². The van der Waals surface area contributed by atoms with Gasteiger partial charge in [0.05, 0.1) is 12.7 Å². The second-order valence-corrected chi connectivity index (χ2v) is 2.65. The molecule has 0 aromatic rings. The lowest BCUT2D eigenvalue weighted by molar-refractivity contribution is -0.192. The highest BCUT2D eigenvalue weighted by Crippen LogP contribution is 2.13. The van der Waals surface area contributed by atoms with Gasteiger partial charge in [-0.2, -0.15) is 13.2 Å². The largest absolute Gasteiger partial charge is 0.490 e. The number of carboxylic acid groups (broad SMARTS) is 1. The maximum absolute atomic E-state index is 10.6. The van der Waals surface area contributed by atoms with E-state index < -0.39 is 12.1 Å². The molecule has 1 atom stereocenters. The molecule has 0 radical (unpaired) electrons. The first-order chi connectivity index (χ1) is 6.88. The molecule has 1 fully saturated rings. The molecule has 4 nitrogen and oxygen atoms in total. The van der Waals surface area contributed by atoms with Crippen LogP contribution in [0.1, 0.15) is 0 Å². The smallest absolute Gasteiger partial charge is 0.475 e. The Labute approximate surface area is 84.7 Å². The Bertz CT molecular complexity index is 212. The maximum atomic E-state index is 10.6. The fourth-order valence-corrected chi connectivity index (χ4v) is 0.737. The molecule has 2 N–H and O–H groups in total. The Morgan fingerprint density at radius 2 is 2.13 bits per heavy atom. The summed E-state index contributed by atoms with van der Waals surface area (Å²) in [7, 11) is 0. The Balaban J connectivity index is 0.000000265. The van der Waals surface area contributed by atoms with E-state index in [1.807, 2.05) is 6.08 Å². The quantitative estimate of drug-likeness (QED) is 0.650. The van der Waals surface area contributed by atoms with Crippen LogP contribution in [-0.2, 0) is 9.53 Å². The number of aliphatic carboxylic acids is 1. The highest BCUT2D eigenvalue weighted by molar-refractivity contribution is 5.73. The van der Waals surface area contributed by atoms with E-state index in [0.29, 0.717) is 0 Å². The molecule has 1 heterocycles. The molecule has 1 rings (SSSR count). The summed E-state index contributed by atoms with van der Waals surface area (Å²) < 4.78 is 37.0. The third-order valence-electron chi connectivity index (χ3n) is 1.46. The molecule has 15 heavy (non-hydrogen) atoms.